The Labute approximate surface area is 111 Å². The van der Waals surface area contributed by atoms with E-state index >= 15 is 0 Å². The van der Waals surface area contributed by atoms with Gasteiger partial charge in [-0.2, -0.15) is 0 Å². The molecule has 1 heterocycles. The van der Waals surface area contributed by atoms with Gasteiger partial charge in [-0.3, -0.25) is 4.79 Å². The topological polar surface area (TPSA) is 83.6 Å². The van der Waals surface area contributed by atoms with Gasteiger partial charge in [0, 0.05) is 19.2 Å². The molecule has 1 aromatic rings. The summed E-state index contributed by atoms with van der Waals surface area (Å²) in [5, 5.41) is 12.3. The molecule has 1 aliphatic carbocycles. The molecule has 6 heteroatoms. The number of aromatic nitrogens is 1. The number of carboxylic acid groups (broad SMARTS) is 1. The van der Waals surface area contributed by atoms with Gasteiger partial charge in [-0.05, 0) is 18.8 Å². The van der Waals surface area contributed by atoms with E-state index in [4.69, 9.17) is 5.11 Å². The maximum absolute atomic E-state index is 12.2. The van der Waals surface area contributed by atoms with Crippen molar-refractivity contribution in [2.75, 3.05) is 7.05 Å². The molecule has 1 N–H and O–H groups in total. The molecule has 1 fully saturated rings. The molecule has 19 heavy (non-hydrogen) atoms. The number of rotatable bonds is 3. The van der Waals surface area contributed by atoms with E-state index in [2.05, 4.69) is 16.6 Å². The van der Waals surface area contributed by atoms with Crippen molar-refractivity contribution in [1.29, 1.82) is 0 Å². The molecule has 1 aromatic heterocycles. The molecule has 0 aromatic carbocycles. The highest BCUT2D eigenvalue weighted by molar-refractivity contribution is 5.94. The molecule has 2 atom stereocenters. The number of hydrogen-bond acceptors (Lipinski definition) is 4. The summed E-state index contributed by atoms with van der Waals surface area (Å²) in [6.45, 7) is 2.14. The Morgan fingerprint density at radius 3 is 2.68 bits per heavy atom. The van der Waals surface area contributed by atoms with E-state index in [1.807, 2.05) is 0 Å². The molecule has 0 radical (unpaired) electrons. The lowest BCUT2D eigenvalue weighted by Crippen LogP contribution is -2.42. The second-order valence-corrected chi connectivity index (χ2v) is 5.13. The molecular formula is C13H18N2O4. The van der Waals surface area contributed by atoms with Gasteiger partial charge in [-0.1, -0.05) is 24.9 Å². The maximum Gasteiger partial charge on any atom is 0.374 e. The van der Waals surface area contributed by atoms with E-state index < -0.39 is 5.97 Å². The first kappa shape index (κ1) is 13.6. The van der Waals surface area contributed by atoms with Crippen LogP contribution in [0.2, 0.25) is 0 Å². The fraction of sp³-hybridized carbons (Fsp3) is 0.615. The Morgan fingerprint density at radius 2 is 2.11 bits per heavy atom. The smallest absolute Gasteiger partial charge is 0.374 e. The van der Waals surface area contributed by atoms with Crippen LogP contribution in [0.3, 0.4) is 0 Å². The number of amides is 1. The average Bonchev–Trinajstić information content (AvgIpc) is 2.87. The number of aromatic carboxylic acids is 1. The molecule has 1 aliphatic rings. The first-order valence-corrected chi connectivity index (χ1v) is 6.48. The molecule has 2 rings (SSSR count). The predicted molar refractivity (Wildman–Crippen MR) is 67.0 cm³/mol. The molecule has 0 bridgehead atoms. The zero-order valence-corrected chi connectivity index (χ0v) is 11.1. The SMILES string of the molecule is CC1CCCCC1N(C)C(=O)c1cc(C(=O)O)on1. The largest absolute Gasteiger partial charge is 0.475 e. The van der Waals surface area contributed by atoms with Gasteiger partial charge < -0.3 is 14.5 Å². The van der Waals surface area contributed by atoms with Crippen molar-refractivity contribution in [3.63, 3.8) is 0 Å². The zero-order chi connectivity index (χ0) is 14.0. The summed E-state index contributed by atoms with van der Waals surface area (Å²) in [5.41, 5.74) is 0.0534. The third kappa shape index (κ3) is 2.77. The van der Waals surface area contributed by atoms with Crippen LogP contribution >= 0.6 is 0 Å². The van der Waals surface area contributed by atoms with Crippen LogP contribution in [-0.4, -0.2) is 40.1 Å². The summed E-state index contributed by atoms with van der Waals surface area (Å²) >= 11 is 0. The maximum atomic E-state index is 12.2. The number of carboxylic acids is 1. The van der Waals surface area contributed by atoms with Gasteiger partial charge in [0.2, 0.25) is 5.76 Å². The minimum Gasteiger partial charge on any atom is -0.475 e. The molecule has 2 unspecified atom stereocenters. The normalized spacial score (nSPS) is 23.1. The Balaban J connectivity index is 2.11. The number of carbonyl (C=O) groups excluding carboxylic acids is 1. The lowest BCUT2D eigenvalue weighted by molar-refractivity contribution is 0.0611. The van der Waals surface area contributed by atoms with Crippen LogP contribution < -0.4 is 0 Å². The monoisotopic (exact) mass is 266 g/mol. The fourth-order valence-corrected chi connectivity index (χ4v) is 2.68. The van der Waals surface area contributed by atoms with Gasteiger partial charge in [-0.15, -0.1) is 0 Å². The van der Waals surface area contributed by atoms with Gasteiger partial charge in [0.15, 0.2) is 5.69 Å². The molecule has 1 amide bonds. The number of hydrogen-bond donors (Lipinski definition) is 1. The molecule has 6 nitrogen and oxygen atoms in total. The minimum atomic E-state index is -1.22. The Bertz CT molecular complexity index is 483. The standard InChI is InChI=1S/C13H18N2O4/c1-8-5-3-4-6-10(8)15(2)12(16)9-7-11(13(17)18)19-14-9/h7-8,10H,3-6H2,1-2H3,(H,17,18). The van der Waals surface area contributed by atoms with Crippen molar-refractivity contribution in [1.82, 2.24) is 10.1 Å². The number of nitrogens with zero attached hydrogens (tertiary/aromatic N) is 2. The van der Waals surface area contributed by atoms with Gasteiger partial charge in [-0.25, -0.2) is 4.79 Å². The van der Waals surface area contributed by atoms with E-state index in [0.717, 1.165) is 19.3 Å². The second kappa shape index (κ2) is 5.42. The first-order chi connectivity index (χ1) is 9.00. The van der Waals surface area contributed by atoms with E-state index in [0.29, 0.717) is 5.92 Å². The lowest BCUT2D eigenvalue weighted by Gasteiger charge is -2.35. The van der Waals surface area contributed by atoms with Crippen LogP contribution in [0, 0.1) is 5.92 Å². The van der Waals surface area contributed by atoms with Crippen molar-refractivity contribution in [3.05, 3.63) is 17.5 Å². The van der Waals surface area contributed by atoms with Crippen molar-refractivity contribution in [2.45, 2.75) is 38.6 Å². The van der Waals surface area contributed by atoms with E-state index in [9.17, 15) is 9.59 Å². The summed E-state index contributed by atoms with van der Waals surface area (Å²) in [6, 6.07) is 1.36. The Kier molecular flexibility index (Phi) is 3.87. The third-order valence-corrected chi connectivity index (χ3v) is 3.82. The first-order valence-electron chi connectivity index (χ1n) is 6.48. The molecular weight excluding hydrogens is 248 g/mol. The van der Waals surface area contributed by atoms with Crippen LogP contribution in [0.4, 0.5) is 0 Å². The van der Waals surface area contributed by atoms with Crippen molar-refractivity contribution < 1.29 is 19.2 Å². The van der Waals surface area contributed by atoms with E-state index in [-0.39, 0.29) is 23.4 Å². The van der Waals surface area contributed by atoms with Crippen molar-refractivity contribution in [2.24, 2.45) is 5.92 Å². The summed E-state index contributed by atoms with van der Waals surface area (Å²) < 4.78 is 4.61. The van der Waals surface area contributed by atoms with Crippen molar-refractivity contribution in [3.8, 4) is 0 Å². The summed E-state index contributed by atoms with van der Waals surface area (Å²) in [5.74, 6) is -1.36. The van der Waals surface area contributed by atoms with E-state index in [1.54, 1.807) is 11.9 Å². The van der Waals surface area contributed by atoms with Gasteiger partial charge in [0.05, 0.1) is 0 Å². The lowest BCUT2D eigenvalue weighted by atomic mass is 9.85. The van der Waals surface area contributed by atoms with Crippen molar-refractivity contribution >= 4 is 11.9 Å². The van der Waals surface area contributed by atoms with Gasteiger partial charge in [0.25, 0.3) is 5.91 Å². The average molecular weight is 266 g/mol. The van der Waals surface area contributed by atoms with Crippen LogP contribution in [-0.2, 0) is 0 Å². The fourth-order valence-electron chi connectivity index (χ4n) is 2.68. The zero-order valence-electron chi connectivity index (χ0n) is 11.1. The molecule has 104 valence electrons. The summed E-state index contributed by atoms with van der Waals surface area (Å²) in [6.07, 6.45) is 4.41. The summed E-state index contributed by atoms with van der Waals surface area (Å²) in [7, 11) is 1.74. The minimum absolute atomic E-state index is 0.0534. The number of carbonyl (C=O) groups is 2. The van der Waals surface area contributed by atoms with Crippen LogP contribution in [0.25, 0.3) is 0 Å². The van der Waals surface area contributed by atoms with Gasteiger partial charge in [0.1, 0.15) is 0 Å². The van der Waals surface area contributed by atoms with Gasteiger partial charge >= 0.3 is 5.97 Å². The Morgan fingerprint density at radius 1 is 1.42 bits per heavy atom. The molecule has 0 saturated heterocycles. The third-order valence-electron chi connectivity index (χ3n) is 3.82. The second-order valence-electron chi connectivity index (χ2n) is 5.13. The quantitative estimate of drug-likeness (QED) is 0.904. The van der Waals surface area contributed by atoms with Crippen LogP contribution in [0.15, 0.2) is 10.6 Å². The Hall–Kier alpha value is -1.85. The highest BCUT2D eigenvalue weighted by Crippen LogP contribution is 2.28. The summed E-state index contributed by atoms with van der Waals surface area (Å²) in [4.78, 5) is 24.6. The highest BCUT2D eigenvalue weighted by atomic mass is 16.5. The molecule has 0 spiro atoms. The van der Waals surface area contributed by atoms with E-state index in [1.165, 1.54) is 12.5 Å². The van der Waals surface area contributed by atoms with Crippen LogP contribution in [0.1, 0.15) is 53.7 Å². The predicted octanol–water partition coefficient (Wildman–Crippen LogP) is 2.02. The highest BCUT2D eigenvalue weighted by Gasteiger charge is 2.30. The van der Waals surface area contributed by atoms with Crippen LogP contribution in [0.5, 0.6) is 0 Å². The molecule has 1 saturated carbocycles. The molecule has 0 aliphatic heterocycles.